The number of nitrogens with one attached hydrogen (secondary N) is 1. The van der Waals surface area contributed by atoms with Crippen molar-refractivity contribution in [3.63, 3.8) is 0 Å². The number of anilines is 1. The Kier molecular flexibility index (Phi) is 4.47. The molecule has 108 valence electrons. The van der Waals surface area contributed by atoms with Gasteiger partial charge in [0.15, 0.2) is 0 Å². The molecule has 0 atom stereocenters. The monoisotopic (exact) mass is 307 g/mol. The summed E-state index contributed by atoms with van der Waals surface area (Å²) in [5.74, 6) is 3.75. The lowest BCUT2D eigenvalue weighted by atomic mass is 10.2. The standard InChI is InChI=1S/C13H10FN3O3S/c14-12-9-11(5-4-10(12)3-1-8-18)21(19,20)17-13-15-6-2-7-16-13/h2,4-7,9,18H,8H2,(H,15,16,17). The van der Waals surface area contributed by atoms with Crippen molar-refractivity contribution in [2.24, 2.45) is 0 Å². The van der Waals surface area contributed by atoms with Crippen LogP contribution in [-0.4, -0.2) is 30.1 Å². The Balaban J connectivity index is 2.31. The van der Waals surface area contributed by atoms with Gasteiger partial charge in [-0.2, -0.15) is 0 Å². The summed E-state index contributed by atoms with van der Waals surface area (Å²) in [6.45, 7) is -0.410. The van der Waals surface area contributed by atoms with Crippen LogP contribution in [0.5, 0.6) is 0 Å². The number of rotatable bonds is 3. The molecule has 1 heterocycles. The normalized spacial score (nSPS) is 10.6. The van der Waals surface area contributed by atoms with E-state index in [1.165, 1.54) is 30.6 Å². The Morgan fingerprint density at radius 3 is 2.62 bits per heavy atom. The number of halogens is 1. The topological polar surface area (TPSA) is 92.2 Å². The van der Waals surface area contributed by atoms with Gasteiger partial charge in [0.1, 0.15) is 12.4 Å². The van der Waals surface area contributed by atoms with Crippen LogP contribution in [0.3, 0.4) is 0 Å². The number of aliphatic hydroxyl groups excluding tert-OH is 1. The molecule has 0 unspecified atom stereocenters. The number of nitrogens with zero attached hydrogens (tertiary/aromatic N) is 2. The first kappa shape index (κ1) is 14.9. The van der Waals surface area contributed by atoms with Crippen molar-refractivity contribution in [1.82, 2.24) is 9.97 Å². The molecule has 8 heteroatoms. The molecule has 0 saturated heterocycles. The van der Waals surface area contributed by atoms with E-state index in [4.69, 9.17) is 5.11 Å². The Morgan fingerprint density at radius 1 is 1.29 bits per heavy atom. The third-order valence-corrected chi connectivity index (χ3v) is 3.67. The van der Waals surface area contributed by atoms with Gasteiger partial charge in [-0.15, -0.1) is 0 Å². The molecule has 6 nitrogen and oxygen atoms in total. The molecule has 1 aromatic heterocycles. The van der Waals surface area contributed by atoms with Gasteiger partial charge in [-0.05, 0) is 24.3 Å². The zero-order valence-electron chi connectivity index (χ0n) is 10.6. The molecule has 2 rings (SSSR count). The number of aromatic nitrogens is 2. The van der Waals surface area contributed by atoms with Gasteiger partial charge >= 0.3 is 0 Å². The summed E-state index contributed by atoms with van der Waals surface area (Å²) in [7, 11) is -3.99. The van der Waals surface area contributed by atoms with Crippen LogP contribution < -0.4 is 4.72 Å². The van der Waals surface area contributed by atoms with E-state index in [9.17, 15) is 12.8 Å². The molecule has 0 aliphatic heterocycles. The zero-order valence-corrected chi connectivity index (χ0v) is 11.4. The fourth-order valence-corrected chi connectivity index (χ4v) is 2.40. The van der Waals surface area contributed by atoms with Crippen LogP contribution in [0.1, 0.15) is 5.56 Å². The molecular formula is C13H10FN3O3S. The summed E-state index contributed by atoms with van der Waals surface area (Å²) in [5.41, 5.74) is -0.000962. The maximum absolute atomic E-state index is 13.7. The highest BCUT2D eigenvalue weighted by molar-refractivity contribution is 7.92. The van der Waals surface area contributed by atoms with E-state index in [0.29, 0.717) is 0 Å². The summed E-state index contributed by atoms with van der Waals surface area (Å²) in [6, 6.07) is 4.80. The van der Waals surface area contributed by atoms with Crippen molar-refractivity contribution in [2.45, 2.75) is 4.90 Å². The van der Waals surface area contributed by atoms with Gasteiger partial charge in [0, 0.05) is 12.4 Å². The molecule has 2 N–H and O–H groups in total. The van der Waals surface area contributed by atoms with Crippen LogP contribution in [0.25, 0.3) is 0 Å². The minimum atomic E-state index is -3.99. The van der Waals surface area contributed by atoms with E-state index in [-0.39, 0.29) is 16.4 Å². The van der Waals surface area contributed by atoms with E-state index < -0.39 is 22.4 Å². The molecule has 0 amide bonds. The molecule has 2 aromatic rings. The molecule has 0 bridgehead atoms. The van der Waals surface area contributed by atoms with Gasteiger partial charge in [-0.1, -0.05) is 11.8 Å². The van der Waals surface area contributed by atoms with Crippen molar-refractivity contribution < 1.29 is 17.9 Å². The van der Waals surface area contributed by atoms with E-state index in [2.05, 4.69) is 26.5 Å². The first-order chi connectivity index (χ1) is 10.0. The number of aliphatic hydroxyl groups is 1. The van der Waals surface area contributed by atoms with Gasteiger partial charge in [-0.25, -0.2) is 27.5 Å². The number of hydrogen-bond donors (Lipinski definition) is 2. The Labute approximate surface area is 120 Å². The van der Waals surface area contributed by atoms with Crippen molar-refractivity contribution in [3.8, 4) is 11.8 Å². The maximum atomic E-state index is 13.7. The number of sulfonamides is 1. The van der Waals surface area contributed by atoms with E-state index in [0.717, 1.165) is 6.07 Å². The summed E-state index contributed by atoms with van der Waals surface area (Å²) < 4.78 is 40.0. The summed E-state index contributed by atoms with van der Waals surface area (Å²) in [4.78, 5) is 7.17. The van der Waals surface area contributed by atoms with Crippen LogP contribution in [0.2, 0.25) is 0 Å². The molecule has 21 heavy (non-hydrogen) atoms. The fourth-order valence-electron chi connectivity index (χ4n) is 1.43. The second kappa shape index (κ2) is 6.30. The minimum absolute atomic E-state index is 0.000962. The molecule has 1 aromatic carbocycles. The summed E-state index contributed by atoms with van der Waals surface area (Å²) in [6.07, 6.45) is 2.75. The highest BCUT2D eigenvalue weighted by Crippen LogP contribution is 2.16. The molecule has 0 saturated carbocycles. The van der Waals surface area contributed by atoms with Gasteiger partial charge in [0.25, 0.3) is 10.0 Å². The SMILES string of the molecule is O=S(=O)(Nc1ncccn1)c1ccc(C#CCO)c(F)c1. The smallest absolute Gasteiger partial charge is 0.264 e. The lowest BCUT2D eigenvalue weighted by Gasteiger charge is -2.06. The average molecular weight is 307 g/mol. The summed E-state index contributed by atoms with van der Waals surface area (Å²) in [5, 5.41) is 8.55. The maximum Gasteiger partial charge on any atom is 0.264 e. The minimum Gasteiger partial charge on any atom is -0.384 e. The van der Waals surface area contributed by atoms with Crippen LogP contribution in [0.15, 0.2) is 41.6 Å². The lowest BCUT2D eigenvalue weighted by molar-refractivity contribution is 0.350. The molecule has 0 spiro atoms. The highest BCUT2D eigenvalue weighted by atomic mass is 32.2. The van der Waals surface area contributed by atoms with Crippen LogP contribution in [-0.2, 0) is 10.0 Å². The van der Waals surface area contributed by atoms with E-state index in [1.54, 1.807) is 0 Å². The second-order valence-corrected chi connectivity index (χ2v) is 5.46. The van der Waals surface area contributed by atoms with Gasteiger partial charge in [0.05, 0.1) is 10.5 Å². The second-order valence-electron chi connectivity index (χ2n) is 3.78. The van der Waals surface area contributed by atoms with Gasteiger partial charge in [-0.3, -0.25) is 0 Å². The predicted octanol–water partition coefficient (Wildman–Crippen LogP) is 0.760. The van der Waals surface area contributed by atoms with Gasteiger partial charge < -0.3 is 5.11 Å². The molecular weight excluding hydrogens is 297 g/mol. The molecule has 0 aliphatic rings. The van der Waals surface area contributed by atoms with Gasteiger partial charge in [0.2, 0.25) is 5.95 Å². The van der Waals surface area contributed by atoms with Crippen molar-refractivity contribution >= 4 is 16.0 Å². The van der Waals surface area contributed by atoms with Crippen molar-refractivity contribution in [1.29, 1.82) is 0 Å². The van der Waals surface area contributed by atoms with Crippen molar-refractivity contribution in [3.05, 3.63) is 48.0 Å². The highest BCUT2D eigenvalue weighted by Gasteiger charge is 2.17. The lowest BCUT2D eigenvalue weighted by Crippen LogP contribution is -2.15. The molecule has 0 aliphatic carbocycles. The first-order valence-corrected chi connectivity index (χ1v) is 7.20. The van der Waals surface area contributed by atoms with Crippen molar-refractivity contribution in [2.75, 3.05) is 11.3 Å². The fraction of sp³-hybridized carbons (Fsp3) is 0.0769. The molecule has 0 radical (unpaired) electrons. The third-order valence-electron chi connectivity index (χ3n) is 2.34. The Morgan fingerprint density at radius 2 is 2.00 bits per heavy atom. The average Bonchev–Trinajstić information content (AvgIpc) is 2.46. The van der Waals surface area contributed by atoms with E-state index >= 15 is 0 Å². The number of benzene rings is 1. The third kappa shape index (κ3) is 3.75. The largest absolute Gasteiger partial charge is 0.384 e. The Bertz CT molecular complexity index is 798. The van der Waals surface area contributed by atoms with Crippen LogP contribution in [0.4, 0.5) is 10.3 Å². The van der Waals surface area contributed by atoms with Crippen LogP contribution in [0, 0.1) is 17.7 Å². The summed E-state index contributed by atoms with van der Waals surface area (Å²) >= 11 is 0. The quantitative estimate of drug-likeness (QED) is 0.817. The Hall–Kier alpha value is -2.50. The van der Waals surface area contributed by atoms with E-state index in [1.807, 2.05) is 0 Å². The molecule has 0 fully saturated rings. The predicted molar refractivity (Wildman–Crippen MR) is 73.2 cm³/mol. The number of hydrogen-bond acceptors (Lipinski definition) is 5. The first-order valence-electron chi connectivity index (χ1n) is 5.72. The van der Waals surface area contributed by atoms with Crippen LogP contribution >= 0.6 is 0 Å². The zero-order chi connectivity index (χ0) is 15.3.